The number of benzene rings is 1. The number of halogens is 1. The van der Waals surface area contributed by atoms with Gasteiger partial charge >= 0.3 is 0 Å². The smallest absolute Gasteiger partial charge is 0.153 e. The molecule has 0 radical (unpaired) electrons. The molecule has 0 bridgehead atoms. The van der Waals surface area contributed by atoms with Crippen LogP contribution in [0.4, 0.5) is 0 Å². The van der Waals surface area contributed by atoms with Crippen molar-refractivity contribution < 1.29 is 0 Å². The summed E-state index contributed by atoms with van der Waals surface area (Å²) in [6, 6.07) is 8.83. The molecule has 6 heteroatoms. The molecule has 1 N–H and O–H groups in total. The molecule has 2 aromatic rings. The highest BCUT2D eigenvalue weighted by Gasteiger charge is 2.19. The first-order valence-electron chi connectivity index (χ1n) is 7.09. The van der Waals surface area contributed by atoms with Gasteiger partial charge in [0.2, 0.25) is 0 Å². The molecule has 0 spiro atoms. The summed E-state index contributed by atoms with van der Waals surface area (Å²) in [7, 11) is 1.94. The third-order valence-electron chi connectivity index (χ3n) is 3.20. The van der Waals surface area contributed by atoms with E-state index in [2.05, 4.69) is 69.7 Å². The molecule has 0 aliphatic heterocycles. The summed E-state index contributed by atoms with van der Waals surface area (Å²) in [5, 5.41) is 11.8. The summed E-state index contributed by atoms with van der Waals surface area (Å²) in [4.78, 5) is 1.30. The number of aryl methyl sites for hydroxylation is 2. The monoisotopic (exact) mass is 368 g/mol. The normalized spacial score (nSPS) is 12.6. The van der Waals surface area contributed by atoms with Crippen molar-refractivity contribution in [2.75, 3.05) is 12.3 Å². The van der Waals surface area contributed by atoms with Gasteiger partial charge in [0, 0.05) is 17.7 Å². The lowest BCUT2D eigenvalue weighted by Gasteiger charge is -2.18. The van der Waals surface area contributed by atoms with Gasteiger partial charge in [-0.25, -0.2) is 4.68 Å². The van der Waals surface area contributed by atoms with Crippen LogP contribution in [0.15, 0.2) is 33.8 Å². The Kier molecular flexibility index (Phi) is 6.26. The minimum absolute atomic E-state index is 0.227. The maximum Gasteiger partial charge on any atom is 0.153 e. The fourth-order valence-electron chi connectivity index (χ4n) is 2.15. The van der Waals surface area contributed by atoms with E-state index in [0.29, 0.717) is 0 Å². The van der Waals surface area contributed by atoms with Gasteiger partial charge in [0.15, 0.2) is 4.60 Å². The minimum atomic E-state index is 0.227. The molecule has 1 aromatic heterocycles. The number of nitrogens with one attached hydrogen (secondary N) is 1. The zero-order valence-electron chi connectivity index (χ0n) is 12.6. The molecule has 0 amide bonds. The first kappa shape index (κ1) is 16.5. The molecule has 0 fully saturated rings. The second kappa shape index (κ2) is 7.96. The standard InChI is InChI=1S/C15H21BrN4S/c1-4-8-17-13(14-15(16)18-19-20(14)3)10-21-12-7-5-6-11(2)9-12/h5-7,9,13,17H,4,8,10H2,1-3H3. The lowest BCUT2D eigenvalue weighted by atomic mass is 10.2. The van der Waals surface area contributed by atoms with Gasteiger partial charge in [-0.15, -0.1) is 16.9 Å². The van der Waals surface area contributed by atoms with Crippen molar-refractivity contribution in [3.8, 4) is 0 Å². The zero-order valence-corrected chi connectivity index (χ0v) is 15.0. The van der Waals surface area contributed by atoms with Crippen molar-refractivity contribution in [3.05, 3.63) is 40.1 Å². The number of thioether (sulfide) groups is 1. The molecule has 1 atom stereocenters. The van der Waals surface area contributed by atoms with Crippen LogP contribution in [0.1, 0.15) is 30.6 Å². The van der Waals surface area contributed by atoms with Crippen LogP contribution in [-0.2, 0) is 7.05 Å². The molecule has 2 rings (SSSR count). The maximum absolute atomic E-state index is 4.09. The Bertz CT molecular complexity index is 565. The maximum atomic E-state index is 4.09. The molecule has 114 valence electrons. The van der Waals surface area contributed by atoms with Crippen LogP contribution < -0.4 is 5.32 Å². The second-order valence-corrected chi connectivity index (χ2v) is 6.87. The molecule has 0 saturated carbocycles. The van der Waals surface area contributed by atoms with Crippen LogP contribution in [0.5, 0.6) is 0 Å². The Morgan fingerprint density at radius 1 is 1.43 bits per heavy atom. The molecule has 21 heavy (non-hydrogen) atoms. The number of rotatable bonds is 7. The summed E-state index contributed by atoms with van der Waals surface area (Å²) in [6.07, 6.45) is 1.11. The average Bonchev–Trinajstić information content (AvgIpc) is 2.79. The van der Waals surface area contributed by atoms with Crippen LogP contribution in [0.2, 0.25) is 0 Å². The number of hydrogen-bond acceptors (Lipinski definition) is 4. The summed E-state index contributed by atoms with van der Waals surface area (Å²) >= 11 is 5.36. The van der Waals surface area contributed by atoms with Gasteiger partial charge in [-0.05, 0) is 48.0 Å². The second-order valence-electron chi connectivity index (χ2n) is 5.02. The van der Waals surface area contributed by atoms with Crippen LogP contribution in [0, 0.1) is 6.92 Å². The van der Waals surface area contributed by atoms with E-state index in [1.54, 1.807) is 0 Å². The number of nitrogens with zero attached hydrogens (tertiary/aromatic N) is 3. The van der Waals surface area contributed by atoms with Gasteiger partial charge in [-0.1, -0.05) is 29.8 Å². The van der Waals surface area contributed by atoms with Crippen LogP contribution in [0.25, 0.3) is 0 Å². The topological polar surface area (TPSA) is 42.7 Å². The molecule has 0 aliphatic carbocycles. The number of hydrogen-bond donors (Lipinski definition) is 1. The quantitative estimate of drug-likeness (QED) is 0.756. The number of aromatic nitrogens is 3. The molecular weight excluding hydrogens is 348 g/mol. The van der Waals surface area contributed by atoms with Crippen LogP contribution >= 0.6 is 27.7 Å². The molecule has 1 heterocycles. The van der Waals surface area contributed by atoms with E-state index in [9.17, 15) is 0 Å². The van der Waals surface area contributed by atoms with E-state index in [-0.39, 0.29) is 6.04 Å². The van der Waals surface area contributed by atoms with E-state index >= 15 is 0 Å². The lowest BCUT2D eigenvalue weighted by molar-refractivity contribution is 0.531. The molecule has 4 nitrogen and oxygen atoms in total. The van der Waals surface area contributed by atoms with Crippen molar-refractivity contribution >= 4 is 27.7 Å². The van der Waals surface area contributed by atoms with Gasteiger partial charge in [-0.3, -0.25) is 0 Å². The van der Waals surface area contributed by atoms with E-state index in [0.717, 1.165) is 29.0 Å². The zero-order chi connectivity index (χ0) is 15.2. The Hall–Kier alpha value is -0.850. The Labute approximate surface area is 138 Å². The van der Waals surface area contributed by atoms with Crippen molar-refractivity contribution in [3.63, 3.8) is 0 Å². The molecule has 1 unspecified atom stereocenters. The Morgan fingerprint density at radius 2 is 2.24 bits per heavy atom. The highest BCUT2D eigenvalue weighted by molar-refractivity contribution is 9.10. The van der Waals surface area contributed by atoms with Crippen LogP contribution in [0.3, 0.4) is 0 Å². The SMILES string of the molecule is CCCNC(CSc1cccc(C)c1)c1c(Br)nnn1C. The van der Waals surface area contributed by atoms with E-state index < -0.39 is 0 Å². The predicted octanol–water partition coefficient (Wildman–Crippen LogP) is 3.72. The molecular formula is C15H21BrN4S. The molecule has 0 saturated heterocycles. The summed E-state index contributed by atoms with van der Waals surface area (Å²) in [5.74, 6) is 0.948. The molecule has 1 aromatic carbocycles. The van der Waals surface area contributed by atoms with Crippen molar-refractivity contribution in [2.45, 2.75) is 31.2 Å². The first-order valence-corrected chi connectivity index (χ1v) is 8.87. The van der Waals surface area contributed by atoms with Crippen molar-refractivity contribution in [1.29, 1.82) is 0 Å². The highest BCUT2D eigenvalue weighted by Crippen LogP contribution is 2.28. The highest BCUT2D eigenvalue weighted by atomic mass is 79.9. The van der Waals surface area contributed by atoms with Crippen LogP contribution in [-0.4, -0.2) is 27.3 Å². The Morgan fingerprint density at radius 3 is 2.86 bits per heavy atom. The largest absolute Gasteiger partial charge is 0.308 e. The Balaban J connectivity index is 2.10. The lowest BCUT2D eigenvalue weighted by Crippen LogP contribution is -2.26. The molecule has 0 aliphatic rings. The van der Waals surface area contributed by atoms with Gasteiger partial charge in [-0.2, -0.15) is 0 Å². The van der Waals surface area contributed by atoms with Gasteiger partial charge < -0.3 is 5.32 Å². The van der Waals surface area contributed by atoms with Gasteiger partial charge in [0.25, 0.3) is 0 Å². The first-order chi connectivity index (χ1) is 10.1. The van der Waals surface area contributed by atoms with E-state index in [1.807, 2.05) is 23.5 Å². The third-order valence-corrected chi connectivity index (χ3v) is 4.86. The van der Waals surface area contributed by atoms with E-state index in [1.165, 1.54) is 10.5 Å². The minimum Gasteiger partial charge on any atom is -0.308 e. The third kappa shape index (κ3) is 4.56. The average molecular weight is 369 g/mol. The summed E-state index contributed by atoms with van der Waals surface area (Å²) in [6.45, 7) is 5.28. The van der Waals surface area contributed by atoms with Gasteiger partial charge in [0.05, 0.1) is 11.7 Å². The van der Waals surface area contributed by atoms with E-state index in [4.69, 9.17) is 0 Å². The van der Waals surface area contributed by atoms with Crippen molar-refractivity contribution in [2.24, 2.45) is 7.05 Å². The fourth-order valence-corrected chi connectivity index (χ4v) is 3.83. The fraction of sp³-hybridized carbons (Fsp3) is 0.467. The van der Waals surface area contributed by atoms with Crippen molar-refractivity contribution in [1.82, 2.24) is 20.3 Å². The van der Waals surface area contributed by atoms with Gasteiger partial charge in [0.1, 0.15) is 0 Å². The predicted molar refractivity (Wildman–Crippen MR) is 91.6 cm³/mol. The summed E-state index contributed by atoms with van der Waals surface area (Å²) < 4.78 is 2.66. The summed E-state index contributed by atoms with van der Waals surface area (Å²) in [5.41, 5.74) is 2.39.